The molecule has 5 heteroatoms. The molecule has 0 saturated carbocycles. The first-order valence-electron chi connectivity index (χ1n) is 8.46. The van der Waals surface area contributed by atoms with E-state index in [1.54, 1.807) is 6.92 Å². The van der Waals surface area contributed by atoms with Crippen LogP contribution in [0, 0.1) is 5.41 Å². The van der Waals surface area contributed by atoms with Crippen molar-refractivity contribution in [2.75, 3.05) is 12.4 Å². The topological polar surface area (TPSA) is 66.6 Å². The molecule has 0 amide bonds. The predicted octanol–water partition coefficient (Wildman–Crippen LogP) is 4.52. The van der Waals surface area contributed by atoms with Crippen molar-refractivity contribution < 1.29 is 0 Å². The van der Waals surface area contributed by atoms with Gasteiger partial charge < -0.3 is 10.7 Å². The molecule has 0 aliphatic heterocycles. The molecule has 2 N–H and O–H groups in total. The third kappa shape index (κ3) is 2.63. The van der Waals surface area contributed by atoms with Crippen LogP contribution in [0.15, 0.2) is 66.9 Å². The molecule has 26 heavy (non-hydrogen) atoms. The molecular formula is C21H19N5. The number of hydrogen-bond acceptors (Lipinski definition) is 4. The quantitative estimate of drug-likeness (QED) is 0.536. The minimum atomic E-state index is 0.395. The summed E-state index contributed by atoms with van der Waals surface area (Å²) < 4.78 is 2.04. The van der Waals surface area contributed by atoms with Crippen LogP contribution in [0.2, 0.25) is 0 Å². The maximum absolute atomic E-state index is 8.18. The highest BCUT2D eigenvalue weighted by Crippen LogP contribution is 2.29. The summed E-state index contributed by atoms with van der Waals surface area (Å²) in [5.74, 6) is 1.35. The molecular weight excluding hydrogens is 322 g/mol. The lowest BCUT2D eigenvalue weighted by Gasteiger charge is -2.16. The Morgan fingerprint density at radius 2 is 1.69 bits per heavy atom. The van der Waals surface area contributed by atoms with E-state index in [0.717, 1.165) is 28.0 Å². The SMILES string of the molecule is CNc1c(C(C)=N)nc(-c2ccccc2)nc1-n1ccc2ccccc21. The summed E-state index contributed by atoms with van der Waals surface area (Å²) in [6.07, 6.45) is 2.01. The van der Waals surface area contributed by atoms with Crippen LogP contribution in [-0.4, -0.2) is 27.3 Å². The first-order chi connectivity index (χ1) is 12.7. The molecule has 4 rings (SSSR count). The zero-order chi connectivity index (χ0) is 18.1. The molecule has 0 spiro atoms. The van der Waals surface area contributed by atoms with E-state index >= 15 is 0 Å². The van der Waals surface area contributed by atoms with Crippen LogP contribution in [0.1, 0.15) is 12.6 Å². The second-order valence-corrected chi connectivity index (χ2v) is 6.08. The zero-order valence-corrected chi connectivity index (χ0v) is 14.7. The molecule has 4 aromatic rings. The predicted molar refractivity (Wildman–Crippen MR) is 106 cm³/mol. The summed E-state index contributed by atoms with van der Waals surface area (Å²) in [6, 6.07) is 20.1. The summed E-state index contributed by atoms with van der Waals surface area (Å²) in [5, 5.41) is 12.5. The summed E-state index contributed by atoms with van der Waals surface area (Å²) in [5.41, 5.74) is 3.74. The summed E-state index contributed by atoms with van der Waals surface area (Å²) in [6.45, 7) is 1.75. The van der Waals surface area contributed by atoms with Gasteiger partial charge in [0, 0.05) is 18.8 Å². The van der Waals surface area contributed by atoms with Gasteiger partial charge in [-0.15, -0.1) is 0 Å². The van der Waals surface area contributed by atoms with Crippen molar-refractivity contribution >= 4 is 22.3 Å². The fourth-order valence-corrected chi connectivity index (χ4v) is 3.11. The van der Waals surface area contributed by atoms with Gasteiger partial charge in [0.25, 0.3) is 0 Å². The summed E-state index contributed by atoms with van der Waals surface area (Å²) in [4.78, 5) is 9.49. The van der Waals surface area contributed by atoms with Gasteiger partial charge in [0.05, 0.1) is 11.2 Å². The lowest BCUT2D eigenvalue weighted by atomic mass is 10.1. The van der Waals surface area contributed by atoms with Crippen LogP contribution in [0.4, 0.5) is 5.69 Å². The van der Waals surface area contributed by atoms with Crippen LogP contribution >= 0.6 is 0 Å². The number of nitrogens with zero attached hydrogens (tertiary/aromatic N) is 3. The number of anilines is 1. The zero-order valence-electron chi connectivity index (χ0n) is 14.7. The third-order valence-electron chi connectivity index (χ3n) is 4.35. The second-order valence-electron chi connectivity index (χ2n) is 6.08. The highest BCUT2D eigenvalue weighted by Gasteiger charge is 2.18. The van der Waals surface area contributed by atoms with Crippen molar-refractivity contribution in [3.63, 3.8) is 0 Å². The molecule has 0 fully saturated rings. The average Bonchev–Trinajstić information content (AvgIpc) is 3.11. The van der Waals surface area contributed by atoms with Gasteiger partial charge in [-0.25, -0.2) is 9.97 Å². The van der Waals surface area contributed by atoms with Gasteiger partial charge in [-0.3, -0.25) is 4.57 Å². The highest BCUT2D eigenvalue weighted by molar-refractivity contribution is 6.01. The molecule has 2 heterocycles. The number of fused-ring (bicyclic) bond motifs is 1. The maximum Gasteiger partial charge on any atom is 0.165 e. The molecule has 2 aromatic carbocycles. The van der Waals surface area contributed by atoms with Crippen LogP contribution in [-0.2, 0) is 0 Å². The van der Waals surface area contributed by atoms with E-state index < -0.39 is 0 Å². The fourth-order valence-electron chi connectivity index (χ4n) is 3.11. The Balaban J connectivity index is 2.04. The smallest absolute Gasteiger partial charge is 0.165 e. The normalized spacial score (nSPS) is 10.8. The van der Waals surface area contributed by atoms with Gasteiger partial charge in [-0.2, -0.15) is 0 Å². The first kappa shape index (κ1) is 16.0. The molecule has 2 aromatic heterocycles. The Hall–Kier alpha value is -3.47. The lowest BCUT2D eigenvalue weighted by Crippen LogP contribution is -2.12. The second kappa shape index (κ2) is 6.44. The van der Waals surface area contributed by atoms with E-state index in [1.807, 2.05) is 60.3 Å². The molecule has 0 bridgehead atoms. The highest BCUT2D eigenvalue weighted by atomic mass is 15.1. The lowest BCUT2D eigenvalue weighted by molar-refractivity contribution is 1.01. The van der Waals surface area contributed by atoms with Crippen LogP contribution in [0.5, 0.6) is 0 Å². The molecule has 0 unspecified atom stereocenters. The van der Waals surface area contributed by atoms with Crippen molar-refractivity contribution in [3.05, 3.63) is 72.6 Å². The van der Waals surface area contributed by atoms with Crippen molar-refractivity contribution in [2.45, 2.75) is 6.92 Å². The van der Waals surface area contributed by atoms with E-state index in [0.29, 0.717) is 17.2 Å². The Morgan fingerprint density at radius 1 is 0.962 bits per heavy atom. The van der Waals surface area contributed by atoms with Crippen molar-refractivity contribution in [3.8, 4) is 17.2 Å². The molecule has 0 aliphatic rings. The van der Waals surface area contributed by atoms with Gasteiger partial charge in [-0.05, 0) is 24.4 Å². The Kier molecular flexibility index (Phi) is 3.97. The first-order valence-corrected chi connectivity index (χ1v) is 8.46. The molecule has 0 saturated heterocycles. The van der Waals surface area contributed by atoms with Gasteiger partial charge in [0.1, 0.15) is 11.4 Å². The van der Waals surface area contributed by atoms with Crippen LogP contribution < -0.4 is 5.32 Å². The van der Waals surface area contributed by atoms with Gasteiger partial charge >= 0.3 is 0 Å². The number of nitrogens with one attached hydrogen (secondary N) is 2. The summed E-state index contributed by atoms with van der Waals surface area (Å²) in [7, 11) is 1.84. The fraction of sp³-hybridized carbons (Fsp3) is 0.0952. The van der Waals surface area contributed by atoms with Crippen molar-refractivity contribution in [1.29, 1.82) is 5.41 Å². The number of rotatable bonds is 4. The molecule has 0 atom stereocenters. The minimum absolute atomic E-state index is 0.395. The van der Waals surface area contributed by atoms with Crippen LogP contribution in [0.25, 0.3) is 28.1 Å². The number of hydrogen-bond donors (Lipinski definition) is 2. The molecule has 5 nitrogen and oxygen atoms in total. The average molecular weight is 341 g/mol. The minimum Gasteiger partial charge on any atom is -0.383 e. The van der Waals surface area contributed by atoms with Crippen molar-refractivity contribution in [1.82, 2.24) is 14.5 Å². The molecule has 0 radical (unpaired) electrons. The van der Waals surface area contributed by atoms with E-state index in [9.17, 15) is 0 Å². The van der Waals surface area contributed by atoms with Crippen LogP contribution in [0.3, 0.4) is 0 Å². The van der Waals surface area contributed by atoms with E-state index in [2.05, 4.69) is 28.5 Å². The Bertz CT molecular complexity index is 1100. The van der Waals surface area contributed by atoms with Gasteiger partial charge in [-0.1, -0.05) is 48.5 Å². The number of benzene rings is 2. The van der Waals surface area contributed by atoms with E-state index in [1.165, 1.54) is 0 Å². The Labute approximate surface area is 151 Å². The van der Waals surface area contributed by atoms with E-state index in [-0.39, 0.29) is 0 Å². The maximum atomic E-state index is 8.18. The van der Waals surface area contributed by atoms with E-state index in [4.69, 9.17) is 10.4 Å². The summed E-state index contributed by atoms with van der Waals surface area (Å²) >= 11 is 0. The largest absolute Gasteiger partial charge is 0.383 e. The number of para-hydroxylation sites is 1. The van der Waals surface area contributed by atoms with Crippen molar-refractivity contribution in [2.24, 2.45) is 0 Å². The van der Waals surface area contributed by atoms with Gasteiger partial charge in [0.15, 0.2) is 11.6 Å². The standard InChI is InChI=1S/C21H19N5/c1-14(22)18-19(23-2)21(25-20(24-18)16-9-4-3-5-10-16)26-13-12-15-8-6-7-11-17(15)26/h3-13,22-23H,1-2H3. The Morgan fingerprint density at radius 3 is 2.42 bits per heavy atom. The number of aromatic nitrogens is 3. The van der Waals surface area contributed by atoms with Gasteiger partial charge in [0.2, 0.25) is 0 Å². The monoisotopic (exact) mass is 341 g/mol. The molecule has 128 valence electrons. The third-order valence-corrected chi connectivity index (χ3v) is 4.35. The molecule has 0 aliphatic carbocycles.